The number of nitrogens with one attached hydrogen (secondary N) is 1. The third-order valence-electron chi connectivity index (χ3n) is 5.69. The second kappa shape index (κ2) is 8.47. The summed E-state index contributed by atoms with van der Waals surface area (Å²) in [5.41, 5.74) is 6.53. The van der Waals surface area contributed by atoms with Gasteiger partial charge in [0.15, 0.2) is 0 Å². The van der Waals surface area contributed by atoms with Crippen LogP contribution in [0.5, 0.6) is 0 Å². The number of hydrogen-bond acceptors (Lipinski definition) is 5. The quantitative estimate of drug-likeness (QED) is 0.324. The Morgan fingerprint density at radius 1 is 0.909 bits per heavy atom. The van der Waals surface area contributed by atoms with Crippen molar-refractivity contribution in [3.8, 4) is 22.4 Å². The Balaban J connectivity index is 1.43. The molecular formula is C27H23FN4O. The molecule has 1 unspecified atom stereocenters. The Morgan fingerprint density at radius 2 is 1.79 bits per heavy atom. The van der Waals surface area contributed by atoms with Gasteiger partial charge in [0.1, 0.15) is 23.0 Å². The highest BCUT2D eigenvalue weighted by atomic mass is 19.1. The van der Waals surface area contributed by atoms with Gasteiger partial charge in [-0.05, 0) is 67.8 Å². The van der Waals surface area contributed by atoms with Crippen LogP contribution in [0.15, 0.2) is 77.7 Å². The number of aryl methyl sites for hydroxylation is 2. The molecule has 3 heterocycles. The van der Waals surface area contributed by atoms with Gasteiger partial charge >= 0.3 is 0 Å². The van der Waals surface area contributed by atoms with Crippen LogP contribution >= 0.6 is 0 Å². The topological polar surface area (TPSA) is 63.8 Å². The molecule has 5 aromatic rings. The number of benzene rings is 2. The number of fused-ring (bicyclic) bond motifs is 1. The predicted molar refractivity (Wildman–Crippen MR) is 128 cm³/mol. The lowest BCUT2D eigenvalue weighted by atomic mass is 10.0. The Kier molecular flexibility index (Phi) is 5.34. The number of anilines is 1. The van der Waals surface area contributed by atoms with E-state index in [2.05, 4.69) is 33.3 Å². The number of hydrogen-bond donors (Lipinski definition) is 1. The van der Waals surface area contributed by atoms with Crippen molar-refractivity contribution in [1.82, 2.24) is 15.0 Å². The molecule has 1 atom stereocenters. The van der Waals surface area contributed by atoms with E-state index in [1.165, 1.54) is 12.3 Å². The van der Waals surface area contributed by atoms with Gasteiger partial charge in [0, 0.05) is 34.8 Å². The van der Waals surface area contributed by atoms with Gasteiger partial charge in [-0.25, -0.2) is 14.4 Å². The van der Waals surface area contributed by atoms with E-state index >= 15 is 0 Å². The number of rotatable bonds is 5. The van der Waals surface area contributed by atoms with E-state index in [-0.39, 0.29) is 11.9 Å². The average Bonchev–Trinajstić information content (AvgIpc) is 3.19. The first kappa shape index (κ1) is 20.8. The molecule has 0 saturated heterocycles. The molecule has 0 saturated carbocycles. The van der Waals surface area contributed by atoms with Gasteiger partial charge in [-0.2, -0.15) is 0 Å². The van der Waals surface area contributed by atoms with E-state index in [0.717, 1.165) is 50.3 Å². The third-order valence-corrected chi connectivity index (χ3v) is 5.69. The van der Waals surface area contributed by atoms with Crippen LogP contribution in [0.1, 0.15) is 29.9 Å². The Morgan fingerprint density at radius 3 is 2.64 bits per heavy atom. The highest BCUT2D eigenvalue weighted by Gasteiger charge is 2.12. The van der Waals surface area contributed by atoms with Crippen molar-refractivity contribution in [2.75, 3.05) is 5.32 Å². The number of pyridine rings is 1. The van der Waals surface area contributed by atoms with E-state index in [4.69, 9.17) is 4.42 Å². The first-order valence-corrected chi connectivity index (χ1v) is 10.8. The maximum absolute atomic E-state index is 13.6. The lowest BCUT2D eigenvalue weighted by Gasteiger charge is -2.17. The monoisotopic (exact) mass is 438 g/mol. The fraction of sp³-hybridized carbons (Fsp3) is 0.148. The van der Waals surface area contributed by atoms with E-state index < -0.39 is 0 Å². The summed E-state index contributed by atoms with van der Waals surface area (Å²) < 4.78 is 19.2. The van der Waals surface area contributed by atoms with E-state index in [1.807, 2.05) is 56.3 Å². The van der Waals surface area contributed by atoms with Gasteiger partial charge in [-0.3, -0.25) is 4.98 Å². The number of nitrogens with zero attached hydrogens (tertiary/aromatic N) is 3. The molecular weight excluding hydrogens is 415 g/mol. The lowest BCUT2D eigenvalue weighted by molar-refractivity contribution is 0.613. The first-order valence-electron chi connectivity index (χ1n) is 10.8. The zero-order chi connectivity index (χ0) is 22.9. The molecule has 0 amide bonds. The largest absolute Gasteiger partial charge is 0.464 e. The molecule has 5 rings (SSSR count). The third kappa shape index (κ3) is 4.32. The summed E-state index contributed by atoms with van der Waals surface area (Å²) in [5, 5.41) is 4.56. The van der Waals surface area contributed by atoms with Crippen molar-refractivity contribution in [3.63, 3.8) is 0 Å². The van der Waals surface area contributed by atoms with Crippen molar-refractivity contribution in [3.05, 3.63) is 96.0 Å². The number of aromatic nitrogens is 3. The summed E-state index contributed by atoms with van der Waals surface area (Å²) >= 11 is 0. The van der Waals surface area contributed by atoms with Crippen LogP contribution in [0.2, 0.25) is 0 Å². The minimum atomic E-state index is -0.350. The Hall–Kier alpha value is -4.06. The normalized spacial score (nSPS) is 12.1. The maximum atomic E-state index is 13.6. The van der Waals surface area contributed by atoms with Crippen molar-refractivity contribution in [1.29, 1.82) is 0 Å². The van der Waals surface area contributed by atoms with Gasteiger partial charge < -0.3 is 9.73 Å². The predicted octanol–water partition coefficient (Wildman–Crippen LogP) is 6.88. The van der Waals surface area contributed by atoms with Crippen LogP contribution in [-0.2, 0) is 0 Å². The van der Waals surface area contributed by atoms with Crippen LogP contribution in [-0.4, -0.2) is 15.0 Å². The van der Waals surface area contributed by atoms with Gasteiger partial charge in [0.05, 0.1) is 18.2 Å². The molecule has 1 N–H and O–H groups in total. The highest BCUT2D eigenvalue weighted by molar-refractivity contribution is 5.85. The van der Waals surface area contributed by atoms with Crippen LogP contribution in [0.3, 0.4) is 0 Å². The molecule has 5 nitrogen and oxygen atoms in total. The Bertz CT molecular complexity index is 1460. The van der Waals surface area contributed by atoms with E-state index in [9.17, 15) is 4.39 Å². The summed E-state index contributed by atoms with van der Waals surface area (Å²) in [7, 11) is 0. The molecule has 0 aliphatic carbocycles. The van der Waals surface area contributed by atoms with Gasteiger partial charge in [0.25, 0.3) is 0 Å². The second-order valence-electron chi connectivity index (χ2n) is 8.20. The van der Waals surface area contributed by atoms with Crippen molar-refractivity contribution >= 4 is 16.8 Å². The van der Waals surface area contributed by atoms with Gasteiger partial charge in [-0.15, -0.1) is 0 Å². The molecule has 0 aliphatic rings. The molecule has 3 aromatic heterocycles. The summed E-state index contributed by atoms with van der Waals surface area (Å²) in [6.45, 7) is 5.99. The molecule has 0 radical (unpaired) electrons. The highest BCUT2D eigenvalue weighted by Crippen LogP contribution is 2.29. The van der Waals surface area contributed by atoms with E-state index in [1.54, 1.807) is 12.5 Å². The minimum absolute atomic E-state index is 0.0211. The van der Waals surface area contributed by atoms with E-state index in [0.29, 0.717) is 5.82 Å². The molecule has 0 aliphatic heterocycles. The minimum Gasteiger partial charge on any atom is -0.464 e. The molecule has 164 valence electrons. The lowest BCUT2D eigenvalue weighted by Crippen LogP contribution is -2.09. The SMILES string of the molecule is Cc1nc(NC(C)c2cccc(-c3cncc(F)c3)c2)cc(-c2ccc3occ(C)c3c2)n1. The number of furan rings is 1. The summed E-state index contributed by atoms with van der Waals surface area (Å²) in [6.07, 6.45) is 4.64. The average molecular weight is 439 g/mol. The van der Waals surface area contributed by atoms with Crippen LogP contribution < -0.4 is 5.32 Å². The van der Waals surface area contributed by atoms with Gasteiger partial charge in [0.2, 0.25) is 0 Å². The van der Waals surface area contributed by atoms with Crippen LogP contribution in [0.4, 0.5) is 10.2 Å². The summed E-state index contributed by atoms with van der Waals surface area (Å²) in [4.78, 5) is 13.2. The second-order valence-corrected chi connectivity index (χ2v) is 8.20. The first-order chi connectivity index (χ1) is 16.0. The zero-order valence-electron chi connectivity index (χ0n) is 18.6. The smallest absolute Gasteiger partial charge is 0.142 e. The molecule has 2 aromatic carbocycles. The fourth-order valence-electron chi connectivity index (χ4n) is 3.97. The summed E-state index contributed by atoms with van der Waals surface area (Å²) in [6, 6.07) is 17.5. The zero-order valence-corrected chi connectivity index (χ0v) is 18.6. The maximum Gasteiger partial charge on any atom is 0.142 e. The number of halogens is 1. The van der Waals surface area contributed by atoms with Crippen LogP contribution in [0, 0.1) is 19.7 Å². The van der Waals surface area contributed by atoms with Crippen molar-refractivity contribution in [2.45, 2.75) is 26.8 Å². The molecule has 0 spiro atoms. The van der Waals surface area contributed by atoms with Crippen molar-refractivity contribution in [2.24, 2.45) is 0 Å². The van der Waals surface area contributed by atoms with Crippen molar-refractivity contribution < 1.29 is 8.81 Å². The molecule has 0 bridgehead atoms. The van der Waals surface area contributed by atoms with Crippen LogP contribution in [0.25, 0.3) is 33.4 Å². The standard InChI is InChI=1S/C27H23FN4O/c1-16-15-33-26-8-7-21(11-24(16)26)25-12-27(32-18(3)31-25)30-17(2)19-5-4-6-20(9-19)22-10-23(28)14-29-13-22/h4-15,17H,1-3H3,(H,30,31,32). The Labute approximate surface area is 191 Å². The molecule has 33 heavy (non-hydrogen) atoms. The van der Waals surface area contributed by atoms with Gasteiger partial charge in [-0.1, -0.05) is 18.2 Å². The summed E-state index contributed by atoms with van der Waals surface area (Å²) in [5.74, 6) is 1.08. The fourth-order valence-corrected chi connectivity index (χ4v) is 3.97. The molecule has 6 heteroatoms. The molecule has 0 fully saturated rings.